The lowest BCUT2D eigenvalue weighted by molar-refractivity contribution is -0.132. The zero-order chi connectivity index (χ0) is 17.3. The predicted octanol–water partition coefficient (Wildman–Crippen LogP) is 3.15. The summed E-state index contributed by atoms with van der Waals surface area (Å²) in [5.74, 6) is -0.269. The van der Waals surface area contributed by atoms with Gasteiger partial charge >= 0.3 is 5.97 Å². The van der Waals surface area contributed by atoms with Gasteiger partial charge in [0.2, 0.25) is 0 Å². The monoisotopic (exact) mass is 323 g/mol. The fraction of sp³-hybridized carbons (Fsp3) is 0.158. The highest BCUT2D eigenvalue weighted by atomic mass is 16.5. The lowest BCUT2D eigenvalue weighted by Crippen LogP contribution is -2.45. The highest BCUT2D eigenvalue weighted by Crippen LogP contribution is 2.40. The smallest absolute Gasteiger partial charge is 0.308 e. The van der Waals surface area contributed by atoms with Crippen molar-refractivity contribution in [3.63, 3.8) is 0 Å². The zero-order valence-electron chi connectivity index (χ0n) is 13.4. The molecule has 0 fully saturated rings. The van der Waals surface area contributed by atoms with Crippen molar-refractivity contribution < 1.29 is 18.7 Å². The molecule has 0 bridgehead atoms. The number of fused-ring (bicyclic) bond motifs is 1. The van der Waals surface area contributed by atoms with E-state index < -0.39 is 11.5 Å². The number of furan rings is 1. The first kappa shape index (κ1) is 16.0. The van der Waals surface area contributed by atoms with Gasteiger partial charge in [-0.1, -0.05) is 30.3 Å². The largest absolute Gasteiger partial charge is 0.467 e. The van der Waals surface area contributed by atoms with E-state index in [1.165, 1.54) is 20.1 Å². The van der Waals surface area contributed by atoms with Crippen molar-refractivity contribution in [1.82, 2.24) is 0 Å². The SMILES string of the molecule is CC(=O)Oc1ccc2ccccc2c1C(N)(C(C)=O)c1ccco1. The first-order valence-electron chi connectivity index (χ1n) is 7.49. The maximum atomic E-state index is 12.5. The van der Waals surface area contributed by atoms with Crippen molar-refractivity contribution in [2.24, 2.45) is 5.73 Å². The van der Waals surface area contributed by atoms with E-state index in [1.54, 1.807) is 18.2 Å². The van der Waals surface area contributed by atoms with Crippen LogP contribution in [0.3, 0.4) is 0 Å². The number of ketones is 1. The van der Waals surface area contributed by atoms with Crippen LogP contribution >= 0.6 is 0 Å². The molecule has 0 radical (unpaired) electrons. The van der Waals surface area contributed by atoms with Gasteiger partial charge in [-0.15, -0.1) is 0 Å². The second-order valence-corrected chi connectivity index (χ2v) is 5.59. The number of Topliss-reactive ketones (excluding diaryl/α,β-unsaturated/α-hetero) is 1. The van der Waals surface area contributed by atoms with Gasteiger partial charge in [0.1, 0.15) is 11.5 Å². The fourth-order valence-electron chi connectivity index (χ4n) is 2.87. The minimum atomic E-state index is -1.56. The van der Waals surface area contributed by atoms with Crippen molar-refractivity contribution in [1.29, 1.82) is 0 Å². The molecule has 122 valence electrons. The average molecular weight is 323 g/mol. The lowest BCUT2D eigenvalue weighted by atomic mass is 9.81. The summed E-state index contributed by atoms with van der Waals surface area (Å²) in [6.45, 7) is 2.69. The molecule has 3 aromatic rings. The summed E-state index contributed by atoms with van der Waals surface area (Å²) >= 11 is 0. The molecule has 0 saturated heterocycles. The van der Waals surface area contributed by atoms with E-state index >= 15 is 0 Å². The van der Waals surface area contributed by atoms with Crippen LogP contribution in [0.25, 0.3) is 10.8 Å². The Bertz CT molecular complexity index is 914. The second kappa shape index (κ2) is 5.94. The van der Waals surface area contributed by atoms with Gasteiger partial charge in [-0.05, 0) is 35.9 Å². The Labute approximate surface area is 139 Å². The van der Waals surface area contributed by atoms with E-state index in [9.17, 15) is 9.59 Å². The molecule has 0 aliphatic carbocycles. The van der Waals surface area contributed by atoms with Crippen LogP contribution in [0.4, 0.5) is 0 Å². The van der Waals surface area contributed by atoms with Crippen LogP contribution in [-0.2, 0) is 15.1 Å². The Kier molecular flexibility index (Phi) is 3.95. The number of rotatable bonds is 4. The molecule has 1 atom stereocenters. The number of carbonyl (C=O) groups excluding carboxylic acids is 2. The molecule has 1 unspecified atom stereocenters. The third-order valence-corrected chi connectivity index (χ3v) is 4.00. The molecule has 0 saturated carbocycles. The maximum absolute atomic E-state index is 12.5. The molecule has 24 heavy (non-hydrogen) atoms. The van der Waals surface area contributed by atoms with Crippen molar-refractivity contribution >= 4 is 22.5 Å². The van der Waals surface area contributed by atoms with Gasteiger partial charge in [0, 0.05) is 12.5 Å². The minimum absolute atomic E-state index is 0.246. The van der Waals surface area contributed by atoms with Crippen LogP contribution in [-0.4, -0.2) is 11.8 Å². The van der Waals surface area contributed by atoms with Gasteiger partial charge in [0.05, 0.1) is 6.26 Å². The topological polar surface area (TPSA) is 82.5 Å². The first-order valence-corrected chi connectivity index (χ1v) is 7.49. The van der Waals surface area contributed by atoms with E-state index in [0.717, 1.165) is 10.8 Å². The number of hydrogen-bond acceptors (Lipinski definition) is 5. The second-order valence-electron chi connectivity index (χ2n) is 5.59. The highest BCUT2D eigenvalue weighted by molar-refractivity contribution is 5.99. The Hall–Kier alpha value is -2.92. The van der Waals surface area contributed by atoms with Crippen LogP contribution in [0.1, 0.15) is 25.2 Å². The number of carbonyl (C=O) groups is 2. The van der Waals surface area contributed by atoms with E-state index in [2.05, 4.69) is 0 Å². The number of nitrogens with two attached hydrogens (primary N) is 1. The Balaban J connectivity index is 2.40. The van der Waals surface area contributed by atoms with Crippen molar-refractivity contribution in [2.75, 3.05) is 0 Å². The summed E-state index contributed by atoms with van der Waals surface area (Å²) in [5.41, 5.74) is 5.39. The van der Waals surface area contributed by atoms with Gasteiger partial charge in [-0.3, -0.25) is 9.59 Å². The van der Waals surface area contributed by atoms with E-state index in [-0.39, 0.29) is 11.5 Å². The molecule has 5 nitrogen and oxygen atoms in total. The zero-order valence-corrected chi connectivity index (χ0v) is 13.4. The molecular weight excluding hydrogens is 306 g/mol. The summed E-state index contributed by atoms with van der Waals surface area (Å²) in [6, 6.07) is 14.2. The molecule has 2 aromatic carbocycles. The highest BCUT2D eigenvalue weighted by Gasteiger charge is 2.41. The average Bonchev–Trinajstić information content (AvgIpc) is 3.08. The Morgan fingerprint density at radius 1 is 1.04 bits per heavy atom. The van der Waals surface area contributed by atoms with E-state index in [1.807, 2.05) is 30.3 Å². The number of ether oxygens (including phenoxy) is 1. The van der Waals surface area contributed by atoms with E-state index in [4.69, 9.17) is 14.9 Å². The van der Waals surface area contributed by atoms with Gasteiger partial charge in [-0.25, -0.2) is 0 Å². The molecule has 2 N–H and O–H groups in total. The molecule has 0 aliphatic heterocycles. The summed E-state index contributed by atoms with van der Waals surface area (Å²) < 4.78 is 10.8. The first-order chi connectivity index (χ1) is 11.4. The minimum Gasteiger partial charge on any atom is -0.467 e. The standard InChI is InChI=1S/C19H17NO4/c1-12(21)19(20,17-8-5-11-23-17)18-15-7-4-3-6-14(15)9-10-16(18)24-13(2)22/h3-11H,20H2,1-2H3. The third kappa shape index (κ3) is 2.49. The Morgan fingerprint density at radius 2 is 1.79 bits per heavy atom. The van der Waals surface area contributed by atoms with Crippen LogP contribution in [0, 0.1) is 0 Å². The molecule has 0 aliphatic rings. The summed E-state index contributed by atoms with van der Waals surface area (Å²) in [6.07, 6.45) is 1.45. The van der Waals surface area contributed by atoms with Crippen LogP contribution in [0.2, 0.25) is 0 Å². The van der Waals surface area contributed by atoms with E-state index in [0.29, 0.717) is 11.3 Å². The molecule has 0 amide bonds. The maximum Gasteiger partial charge on any atom is 0.308 e. The molecule has 0 spiro atoms. The quantitative estimate of drug-likeness (QED) is 0.589. The molecule has 1 aromatic heterocycles. The summed E-state index contributed by atoms with van der Waals surface area (Å²) in [4.78, 5) is 24.0. The van der Waals surface area contributed by atoms with Gasteiger partial charge in [0.15, 0.2) is 11.3 Å². The number of hydrogen-bond donors (Lipinski definition) is 1. The van der Waals surface area contributed by atoms with Crippen molar-refractivity contribution in [3.05, 3.63) is 66.1 Å². The lowest BCUT2D eigenvalue weighted by Gasteiger charge is -2.28. The normalized spacial score (nSPS) is 13.5. The van der Waals surface area contributed by atoms with Crippen LogP contribution < -0.4 is 10.5 Å². The third-order valence-electron chi connectivity index (χ3n) is 4.00. The molecular formula is C19H17NO4. The Morgan fingerprint density at radius 3 is 2.42 bits per heavy atom. The van der Waals surface area contributed by atoms with Crippen molar-refractivity contribution in [2.45, 2.75) is 19.4 Å². The predicted molar refractivity (Wildman–Crippen MR) is 89.6 cm³/mol. The molecule has 3 rings (SSSR count). The van der Waals surface area contributed by atoms with Gasteiger partial charge in [0.25, 0.3) is 0 Å². The van der Waals surface area contributed by atoms with Gasteiger partial charge < -0.3 is 14.9 Å². The summed E-state index contributed by atoms with van der Waals surface area (Å²) in [7, 11) is 0. The fourth-order valence-corrected chi connectivity index (χ4v) is 2.87. The summed E-state index contributed by atoms with van der Waals surface area (Å²) in [5, 5.41) is 1.61. The van der Waals surface area contributed by atoms with Crippen molar-refractivity contribution in [3.8, 4) is 5.75 Å². The van der Waals surface area contributed by atoms with Crippen LogP contribution in [0.5, 0.6) is 5.75 Å². The molecule has 1 heterocycles. The number of esters is 1. The number of benzene rings is 2. The van der Waals surface area contributed by atoms with Crippen LogP contribution in [0.15, 0.2) is 59.2 Å². The van der Waals surface area contributed by atoms with Gasteiger partial charge in [-0.2, -0.15) is 0 Å². The molecule has 5 heteroatoms.